The van der Waals surface area contributed by atoms with Crippen molar-refractivity contribution in [2.24, 2.45) is 5.92 Å². The first kappa shape index (κ1) is 15.8. The van der Waals surface area contributed by atoms with Crippen LogP contribution < -0.4 is 0 Å². The zero-order valence-electron chi connectivity index (χ0n) is 12.6. The molecule has 1 N–H and O–H groups in total. The molecule has 2 aliphatic rings. The van der Waals surface area contributed by atoms with Crippen molar-refractivity contribution in [2.45, 2.75) is 37.8 Å². The molecule has 22 heavy (non-hydrogen) atoms. The van der Waals surface area contributed by atoms with Crippen LogP contribution in [0.3, 0.4) is 0 Å². The Balaban J connectivity index is 1.71. The summed E-state index contributed by atoms with van der Waals surface area (Å²) in [6.45, 7) is 1.71. The number of hydrogen-bond donors (Lipinski definition) is 1. The van der Waals surface area contributed by atoms with Crippen LogP contribution in [0.2, 0.25) is 5.02 Å². The second-order valence-electron chi connectivity index (χ2n) is 6.20. The van der Waals surface area contributed by atoms with Gasteiger partial charge < -0.3 is 14.7 Å². The number of carbonyl (C=O) groups excluding carboxylic acids is 1. The van der Waals surface area contributed by atoms with Gasteiger partial charge in [0.25, 0.3) is 0 Å². The van der Waals surface area contributed by atoms with Crippen LogP contribution in [-0.4, -0.2) is 47.8 Å². The number of carbonyl (C=O) groups is 1. The molecule has 1 saturated heterocycles. The van der Waals surface area contributed by atoms with Gasteiger partial charge in [-0.2, -0.15) is 0 Å². The van der Waals surface area contributed by atoms with Gasteiger partial charge in [-0.1, -0.05) is 30.2 Å². The standard InChI is InChI=1S/C17H22ClNO3/c18-13-4-1-3-12(9-13)10-17(21)19-7-8-22-11-15(19)14-5-2-6-16(14)20/h1,3-4,9,14-16,20H,2,5-8,10-11H2/t14-,15-,16+/m1/s1. The first-order valence-electron chi connectivity index (χ1n) is 7.95. The first-order valence-corrected chi connectivity index (χ1v) is 8.32. The van der Waals surface area contributed by atoms with Crippen LogP contribution in [0.25, 0.3) is 0 Å². The largest absolute Gasteiger partial charge is 0.393 e. The molecule has 0 unspecified atom stereocenters. The highest BCUT2D eigenvalue weighted by Gasteiger charge is 2.39. The predicted octanol–water partition coefficient (Wildman–Crippen LogP) is 2.27. The Morgan fingerprint density at radius 3 is 3.00 bits per heavy atom. The molecule has 1 aromatic rings. The second kappa shape index (κ2) is 6.99. The summed E-state index contributed by atoms with van der Waals surface area (Å²) in [6.07, 6.45) is 2.86. The number of nitrogens with zero attached hydrogens (tertiary/aromatic N) is 1. The minimum absolute atomic E-state index is 0.00191. The SMILES string of the molecule is O=C(Cc1cccc(Cl)c1)N1CCOC[C@@H]1[C@H]1CCC[C@@H]1O. The van der Waals surface area contributed by atoms with E-state index in [9.17, 15) is 9.90 Å². The van der Waals surface area contributed by atoms with Gasteiger partial charge in [0.15, 0.2) is 0 Å². The van der Waals surface area contributed by atoms with Gasteiger partial charge in [-0.3, -0.25) is 4.79 Å². The molecule has 0 radical (unpaired) electrons. The van der Waals surface area contributed by atoms with Gasteiger partial charge in [0, 0.05) is 17.5 Å². The third-order valence-corrected chi connectivity index (χ3v) is 4.99. The van der Waals surface area contributed by atoms with E-state index >= 15 is 0 Å². The maximum Gasteiger partial charge on any atom is 0.227 e. The van der Waals surface area contributed by atoms with Crippen LogP contribution >= 0.6 is 11.6 Å². The van der Waals surface area contributed by atoms with Gasteiger partial charge in [-0.15, -0.1) is 0 Å². The summed E-state index contributed by atoms with van der Waals surface area (Å²) >= 11 is 5.99. The molecule has 0 bridgehead atoms. The lowest BCUT2D eigenvalue weighted by Crippen LogP contribution is -2.54. The van der Waals surface area contributed by atoms with Crippen molar-refractivity contribution >= 4 is 17.5 Å². The quantitative estimate of drug-likeness (QED) is 0.928. The summed E-state index contributed by atoms with van der Waals surface area (Å²) in [5, 5.41) is 10.8. The van der Waals surface area contributed by atoms with Crippen molar-refractivity contribution in [3.05, 3.63) is 34.9 Å². The summed E-state index contributed by atoms with van der Waals surface area (Å²) in [6, 6.07) is 7.42. The summed E-state index contributed by atoms with van der Waals surface area (Å²) < 4.78 is 5.57. The van der Waals surface area contributed by atoms with Crippen LogP contribution in [-0.2, 0) is 16.0 Å². The average Bonchev–Trinajstić information content (AvgIpc) is 2.93. The summed E-state index contributed by atoms with van der Waals surface area (Å²) in [5.41, 5.74) is 0.926. The topological polar surface area (TPSA) is 49.8 Å². The van der Waals surface area contributed by atoms with Gasteiger partial charge in [0.05, 0.1) is 31.8 Å². The van der Waals surface area contributed by atoms with Crippen LogP contribution in [0.4, 0.5) is 0 Å². The minimum atomic E-state index is -0.312. The molecule has 3 atom stereocenters. The molecule has 1 aliphatic carbocycles. The van der Waals surface area contributed by atoms with Gasteiger partial charge in [0.2, 0.25) is 5.91 Å². The normalized spacial score (nSPS) is 28.8. The number of aliphatic hydroxyl groups is 1. The summed E-state index contributed by atoms with van der Waals surface area (Å²) in [7, 11) is 0. The van der Waals surface area contributed by atoms with Gasteiger partial charge in [-0.05, 0) is 30.5 Å². The monoisotopic (exact) mass is 323 g/mol. The van der Waals surface area contributed by atoms with E-state index in [0.717, 1.165) is 24.8 Å². The Morgan fingerprint density at radius 1 is 1.41 bits per heavy atom. The molecule has 1 aromatic carbocycles. The van der Waals surface area contributed by atoms with Crippen molar-refractivity contribution in [1.29, 1.82) is 0 Å². The van der Waals surface area contributed by atoms with Crippen LogP contribution in [0, 0.1) is 5.92 Å². The Morgan fingerprint density at radius 2 is 2.27 bits per heavy atom. The number of amides is 1. The Hall–Kier alpha value is -1.10. The van der Waals surface area contributed by atoms with Crippen molar-refractivity contribution < 1.29 is 14.6 Å². The van der Waals surface area contributed by atoms with Crippen LogP contribution in [0.1, 0.15) is 24.8 Å². The third kappa shape index (κ3) is 3.45. The highest BCUT2D eigenvalue weighted by atomic mass is 35.5. The maximum atomic E-state index is 12.7. The van der Waals surface area contributed by atoms with Gasteiger partial charge >= 0.3 is 0 Å². The maximum absolute atomic E-state index is 12.7. The van der Waals surface area contributed by atoms with Crippen molar-refractivity contribution in [2.75, 3.05) is 19.8 Å². The molecule has 5 heteroatoms. The van der Waals surface area contributed by atoms with Crippen molar-refractivity contribution in [1.82, 2.24) is 4.90 Å². The number of aliphatic hydroxyl groups excluding tert-OH is 1. The number of ether oxygens (including phenoxy) is 1. The Bertz CT molecular complexity index is 536. The van der Waals surface area contributed by atoms with Crippen molar-refractivity contribution in [3.8, 4) is 0 Å². The van der Waals surface area contributed by atoms with E-state index < -0.39 is 0 Å². The molecule has 1 amide bonds. The molecule has 0 aromatic heterocycles. The fourth-order valence-electron chi connectivity index (χ4n) is 3.63. The zero-order chi connectivity index (χ0) is 15.5. The number of hydrogen-bond acceptors (Lipinski definition) is 3. The third-order valence-electron chi connectivity index (χ3n) is 4.76. The predicted molar refractivity (Wildman–Crippen MR) is 84.8 cm³/mol. The smallest absolute Gasteiger partial charge is 0.227 e. The summed E-state index contributed by atoms with van der Waals surface area (Å²) in [5.74, 6) is 0.235. The average molecular weight is 324 g/mol. The lowest BCUT2D eigenvalue weighted by molar-refractivity contribution is -0.143. The van der Waals surface area contributed by atoms with E-state index in [2.05, 4.69) is 0 Å². The molecule has 120 valence electrons. The van der Waals surface area contributed by atoms with Crippen LogP contribution in [0.15, 0.2) is 24.3 Å². The molecular weight excluding hydrogens is 302 g/mol. The Kier molecular flexibility index (Phi) is 5.01. The number of rotatable bonds is 3. The first-order chi connectivity index (χ1) is 10.6. The second-order valence-corrected chi connectivity index (χ2v) is 6.63. The molecular formula is C17H22ClNO3. The van der Waals surface area contributed by atoms with E-state index in [0.29, 0.717) is 31.2 Å². The molecule has 1 saturated carbocycles. The fourth-order valence-corrected chi connectivity index (χ4v) is 3.84. The number of benzene rings is 1. The minimum Gasteiger partial charge on any atom is -0.393 e. The molecule has 2 fully saturated rings. The lowest BCUT2D eigenvalue weighted by Gasteiger charge is -2.40. The number of morpholine rings is 1. The molecule has 1 heterocycles. The van der Waals surface area contributed by atoms with E-state index in [1.54, 1.807) is 0 Å². The van der Waals surface area contributed by atoms with E-state index in [1.165, 1.54) is 0 Å². The highest BCUT2D eigenvalue weighted by Crippen LogP contribution is 2.32. The summed E-state index contributed by atoms with van der Waals surface area (Å²) in [4.78, 5) is 14.6. The van der Waals surface area contributed by atoms with E-state index in [4.69, 9.17) is 16.3 Å². The van der Waals surface area contributed by atoms with E-state index in [1.807, 2.05) is 29.2 Å². The fraction of sp³-hybridized carbons (Fsp3) is 0.588. The van der Waals surface area contributed by atoms with Gasteiger partial charge in [0.1, 0.15) is 0 Å². The Labute approximate surface area is 136 Å². The molecule has 3 rings (SSSR count). The van der Waals surface area contributed by atoms with Crippen LogP contribution in [0.5, 0.6) is 0 Å². The van der Waals surface area contributed by atoms with E-state index in [-0.39, 0.29) is 24.0 Å². The number of halogens is 1. The molecule has 0 spiro atoms. The lowest BCUT2D eigenvalue weighted by atomic mass is 9.93. The van der Waals surface area contributed by atoms with Gasteiger partial charge in [-0.25, -0.2) is 0 Å². The molecule has 4 nitrogen and oxygen atoms in total. The van der Waals surface area contributed by atoms with Crippen molar-refractivity contribution in [3.63, 3.8) is 0 Å². The zero-order valence-corrected chi connectivity index (χ0v) is 13.3. The molecule has 1 aliphatic heterocycles. The highest BCUT2D eigenvalue weighted by molar-refractivity contribution is 6.30.